The lowest BCUT2D eigenvalue weighted by Crippen LogP contribution is -2.62. The minimum Gasteiger partial charge on any atom is -0.481 e. The van der Waals surface area contributed by atoms with Crippen molar-refractivity contribution >= 4 is 11.9 Å². The van der Waals surface area contributed by atoms with E-state index in [9.17, 15) is 45.3 Å². The normalized spacial score (nSPS) is 26.5. The van der Waals surface area contributed by atoms with E-state index in [-0.39, 0.29) is 6.42 Å². The molecule has 0 saturated carbocycles. The quantitative estimate of drug-likeness (QED) is 0.0235. The molecule has 0 spiro atoms. The van der Waals surface area contributed by atoms with E-state index in [1.165, 1.54) is 141 Å². The number of carboxylic acid groups (broad SMARTS) is 1. The summed E-state index contributed by atoms with van der Waals surface area (Å²) in [7, 11) is 0. The van der Waals surface area contributed by atoms with Crippen LogP contribution in [0.4, 0.5) is 0 Å². The summed E-state index contributed by atoms with van der Waals surface area (Å²) in [5.41, 5.74) is 0. The second-order valence-corrected chi connectivity index (χ2v) is 17.1. The molecule has 2 aliphatic heterocycles. The molecule has 14 heteroatoms. The summed E-state index contributed by atoms with van der Waals surface area (Å²) in [6.45, 7) is 2.40. The standard InChI is InChI=1S/C28H52O12.C18H36O2/c1-2-3-4-5-6-7-8-9-10-11-12-13-14-15-21(31)37-17-20-22(32)24(34)25(35)27(38-20)40-28(18-30)26(36)23(33)19(16-29)39-28;1-2-3-4-5-6-7-8-9-10-11-12-13-14-15-16-17-18(19)20/h19-20,22-27,29-30,32-36H,2-18H2,1H3;2-17H2,1H3,(H,19,20)/t19-,20-,22-,23-,24+,25-,26+,27-,28+;/m1./s1. The van der Waals surface area contributed by atoms with Crippen LogP contribution < -0.4 is 0 Å². The molecular weight excluding hydrogens is 776 g/mol. The number of aliphatic hydroxyl groups is 7. The van der Waals surface area contributed by atoms with Gasteiger partial charge in [-0.05, 0) is 12.8 Å². The molecule has 2 fully saturated rings. The maximum atomic E-state index is 12.2. The van der Waals surface area contributed by atoms with Gasteiger partial charge in [0, 0.05) is 12.8 Å². The van der Waals surface area contributed by atoms with Gasteiger partial charge in [0.05, 0.1) is 6.61 Å². The van der Waals surface area contributed by atoms with Gasteiger partial charge < -0.3 is 59.8 Å². The first-order valence-electron chi connectivity index (χ1n) is 24.0. The van der Waals surface area contributed by atoms with Crippen LogP contribution in [0.2, 0.25) is 0 Å². The molecule has 2 saturated heterocycles. The fourth-order valence-corrected chi connectivity index (χ4v) is 7.80. The maximum absolute atomic E-state index is 12.2. The molecule has 2 aliphatic rings. The molecule has 0 unspecified atom stereocenters. The Morgan fingerprint density at radius 1 is 0.517 bits per heavy atom. The van der Waals surface area contributed by atoms with Crippen molar-refractivity contribution in [1.82, 2.24) is 0 Å². The summed E-state index contributed by atoms with van der Waals surface area (Å²) in [6, 6.07) is 0. The highest BCUT2D eigenvalue weighted by atomic mass is 16.8. The predicted octanol–water partition coefficient (Wildman–Crippen LogP) is 6.97. The number of ether oxygens (including phenoxy) is 4. The van der Waals surface area contributed by atoms with Crippen molar-refractivity contribution < 1.29 is 69.4 Å². The van der Waals surface area contributed by atoms with Gasteiger partial charge in [-0.2, -0.15) is 0 Å². The van der Waals surface area contributed by atoms with Crippen LogP contribution in [0.3, 0.4) is 0 Å². The summed E-state index contributed by atoms with van der Waals surface area (Å²) in [6.07, 6.45) is 22.9. The van der Waals surface area contributed by atoms with Gasteiger partial charge in [-0.25, -0.2) is 0 Å². The van der Waals surface area contributed by atoms with Crippen LogP contribution in [-0.2, 0) is 28.5 Å². The Hall–Kier alpha value is -1.46. The molecule has 0 aliphatic carbocycles. The number of carbonyl (C=O) groups excluding carboxylic acids is 1. The van der Waals surface area contributed by atoms with Crippen molar-refractivity contribution in [3.8, 4) is 0 Å². The molecule has 0 aromatic rings. The van der Waals surface area contributed by atoms with E-state index < -0.39 is 86.6 Å². The highest BCUT2D eigenvalue weighted by Crippen LogP contribution is 2.36. The monoisotopic (exact) mass is 865 g/mol. The average Bonchev–Trinajstić information content (AvgIpc) is 3.48. The fourth-order valence-electron chi connectivity index (χ4n) is 7.80. The molecular formula is C46H88O14. The van der Waals surface area contributed by atoms with Crippen molar-refractivity contribution in [2.45, 2.75) is 261 Å². The third kappa shape index (κ3) is 24.4. The first-order valence-corrected chi connectivity index (χ1v) is 24.0. The second kappa shape index (κ2) is 35.9. The van der Waals surface area contributed by atoms with E-state index in [0.717, 1.165) is 32.1 Å². The molecule has 9 atom stereocenters. The third-order valence-electron chi connectivity index (χ3n) is 11.8. The largest absolute Gasteiger partial charge is 0.481 e. The van der Waals surface area contributed by atoms with Gasteiger partial charge in [-0.1, -0.05) is 181 Å². The number of esters is 1. The van der Waals surface area contributed by atoms with Gasteiger partial charge in [0.25, 0.3) is 0 Å². The van der Waals surface area contributed by atoms with E-state index in [0.29, 0.717) is 12.8 Å². The van der Waals surface area contributed by atoms with Gasteiger partial charge in [0.1, 0.15) is 55.9 Å². The van der Waals surface area contributed by atoms with Gasteiger partial charge in [0.2, 0.25) is 5.79 Å². The lowest BCUT2D eigenvalue weighted by molar-refractivity contribution is -0.383. The first kappa shape index (κ1) is 56.6. The molecule has 0 radical (unpaired) electrons. The first-order chi connectivity index (χ1) is 29.0. The molecule has 8 N–H and O–H groups in total. The Labute approximate surface area is 361 Å². The zero-order valence-corrected chi connectivity index (χ0v) is 37.5. The van der Waals surface area contributed by atoms with Gasteiger partial charge in [-0.3, -0.25) is 9.59 Å². The highest BCUT2D eigenvalue weighted by Gasteiger charge is 2.58. The second-order valence-electron chi connectivity index (χ2n) is 17.1. The Morgan fingerprint density at radius 3 is 1.28 bits per heavy atom. The van der Waals surface area contributed by atoms with Crippen LogP contribution in [0.25, 0.3) is 0 Å². The third-order valence-corrected chi connectivity index (χ3v) is 11.8. The Morgan fingerprint density at radius 2 is 0.917 bits per heavy atom. The van der Waals surface area contributed by atoms with Crippen LogP contribution in [0.15, 0.2) is 0 Å². The Kier molecular flexibility index (Phi) is 33.9. The molecule has 60 heavy (non-hydrogen) atoms. The van der Waals surface area contributed by atoms with E-state index >= 15 is 0 Å². The van der Waals surface area contributed by atoms with E-state index in [1.807, 2.05) is 0 Å². The minimum absolute atomic E-state index is 0.194. The van der Waals surface area contributed by atoms with Crippen molar-refractivity contribution in [2.24, 2.45) is 0 Å². The molecule has 0 aromatic carbocycles. The molecule has 2 rings (SSSR count). The van der Waals surface area contributed by atoms with E-state index in [1.54, 1.807) is 0 Å². The summed E-state index contributed by atoms with van der Waals surface area (Å²) in [5.74, 6) is -3.41. The van der Waals surface area contributed by atoms with Gasteiger partial charge >= 0.3 is 11.9 Å². The van der Waals surface area contributed by atoms with Crippen LogP contribution >= 0.6 is 0 Å². The van der Waals surface area contributed by atoms with Crippen LogP contribution in [0, 0.1) is 0 Å². The minimum atomic E-state index is -2.27. The SMILES string of the molecule is CCCCCCCCCCCCCCCC(=O)OC[C@H]1O[C@H](O[C@]2(CO)O[C@H](CO)[C@@H](O)[C@@H]2O)[C@H](O)[C@@H](O)[C@@H]1O.CCCCCCCCCCCCCCCCCC(=O)O. The van der Waals surface area contributed by atoms with E-state index in [4.69, 9.17) is 24.1 Å². The van der Waals surface area contributed by atoms with Crippen LogP contribution in [-0.4, -0.2) is 127 Å². The van der Waals surface area contributed by atoms with Crippen LogP contribution in [0.5, 0.6) is 0 Å². The number of hydrogen-bond acceptors (Lipinski definition) is 13. The highest BCUT2D eigenvalue weighted by molar-refractivity contribution is 5.69. The lowest BCUT2D eigenvalue weighted by Gasteiger charge is -2.43. The van der Waals surface area contributed by atoms with Crippen LogP contribution in [0.1, 0.15) is 206 Å². The summed E-state index contributed by atoms with van der Waals surface area (Å²) in [4.78, 5) is 22.5. The topological polar surface area (TPSA) is 233 Å². The zero-order chi connectivity index (χ0) is 44.4. The van der Waals surface area contributed by atoms with Crippen molar-refractivity contribution in [2.75, 3.05) is 19.8 Å². The summed E-state index contributed by atoms with van der Waals surface area (Å²) < 4.78 is 21.4. The number of aliphatic hydroxyl groups excluding tert-OH is 7. The van der Waals surface area contributed by atoms with Crippen molar-refractivity contribution in [1.29, 1.82) is 0 Å². The molecule has 356 valence electrons. The number of rotatable bonds is 36. The number of unbranched alkanes of at least 4 members (excludes halogenated alkanes) is 26. The molecule has 0 aromatic heterocycles. The molecule has 2 heterocycles. The van der Waals surface area contributed by atoms with Crippen molar-refractivity contribution in [3.05, 3.63) is 0 Å². The molecule has 14 nitrogen and oxygen atoms in total. The average molecular weight is 865 g/mol. The number of aliphatic carboxylic acids is 1. The predicted molar refractivity (Wildman–Crippen MR) is 230 cm³/mol. The fraction of sp³-hybridized carbons (Fsp3) is 0.957. The van der Waals surface area contributed by atoms with Gasteiger partial charge in [-0.15, -0.1) is 0 Å². The van der Waals surface area contributed by atoms with Crippen molar-refractivity contribution in [3.63, 3.8) is 0 Å². The van der Waals surface area contributed by atoms with Gasteiger partial charge in [0.15, 0.2) is 6.29 Å². The number of carbonyl (C=O) groups is 2. The summed E-state index contributed by atoms with van der Waals surface area (Å²) >= 11 is 0. The summed E-state index contributed by atoms with van der Waals surface area (Å²) in [5, 5.41) is 78.9. The number of carboxylic acids is 1. The maximum Gasteiger partial charge on any atom is 0.305 e. The smallest absolute Gasteiger partial charge is 0.305 e. The van der Waals surface area contributed by atoms with E-state index in [2.05, 4.69) is 13.8 Å². The number of hydrogen-bond donors (Lipinski definition) is 8. The molecule has 0 amide bonds. The zero-order valence-electron chi connectivity index (χ0n) is 37.5. The Balaban J connectivity index is 0.000000757. The lowest BCUT2D eigenvalue weighted by atomic mass is 9.99. The Bertz CT molecular complexity index is 1040. The molecule has 0 bridgehead atoms.